The number of hydrogen-bond acceptors (Lipinski definition) is 2. The van der Waals surface area contributed by atoms with E-state index in [0.29, 0.717) is 12.0 Å². The predicted octanol–water partition coefficient (Wildman–Crippen LogP) is 3.92. The van der Waals surface area contributed by atoms with Gasteiger partial charge in [-0.25, -0.2) is 17.5 Å². The Kier molecular flexibility index (Phi) is 4.43. The molecule has 0 spiro atoms. The first kappa shape index (κ1) is 17.6. The highest BCUT2D eigenvalue weighted by molar-refractivity contribution is 7.89. The second kappa shape index (κ2) is 6.28. The van der Waals surface area contributed by atoms with Gasteiger partial charge in [0.1, 0.15) is 5.82 Å². The number of aryl methyl sites for hydroxylation is 1. The summed E-state index contributed by atoms with van der Waals surface area (Å²) in [6.45, 7) is 5.26. The number of H-pyrrole nitrogens is 1. The minimum Gasteiger partial charge on any atom is -0.361 e. The molecule has 2 N–H and O–H groups in total. The Labute approximate surface area is 147 Å². The molecule has 3 rings (SSSR count). The van der Waals surface area contributed by atoms with Crippen LogP contribution in [0.2, 0.25) is 0 Å². The summed E-state index contributed by atoms with van der Waals surface area (Å²) in [6, 6.07) is 11.6. The summed E-state index contributed by atoms with van der Waals surface area (Å²) in [5.41, 5.74) is 1.74. The topological polar surface area (TPSA) is 62.0 Å². The maximum absolute atomic E-state index is 13.3. The van der Waals surface area contributed by atoms with Gasteiger partial charge in [-0.2, -0.15) is 0 Å². The molecule has 4 nitrogen and oxygen atoms in total. The molecule has 0 fully saturated rings. The van der Waals surface area contributed by atoms with Crippen molar-refractivity contribution >= 4 is 20.9 Å². The lowest BCUT2D eigenvalue weighted by molar-refractivity contribution is 0.451. The third-order valence-corrected chi connectivity index (χ3v) is 6.00. The summed E-state index contributed by atoms with van der Waals surface area (Å²) in [7, 11) is -3.75. The minimum atomic E-state index is -3.75. The largest absolute Gasteiger partial charge is 0.361 e. The number of aromatic amines is 1. The van der Waals surface area contributed by atoms with E-state index in [2.05, 4.69) is 9.71 Å². The fourth-order valence-corrected chi connectivity index (χ4v) is 4.76. The van der Waals surface area contributed by atoms with E-state index in [1.165, 1.54) is 12.1 Å². The summed E-state index contributed by atoms with van der Waals surface area (Å²) < 4.78 is 41.5. The van der Waals surface area contributed by atoms with Gasteiger partial charge >= 0.3 is 0 Å². The van der Waals surface area contributed by atoms with E-state index in [1.807, 2.05) is 44.3 Å². The number of hydrogen-bond donors (Lipinski definition) is 2. The van der Waals surface area contributed by atoms with Crippen molar-refractivity contribution in [2.24, 2.45) is 0 Å². The van der Waals surface area contributed by atoms with Gasteiger partial charge in [-0.1, -0.05) is 18.2 Å². The van der Waals surface area contributed by atoms with E-state index in [9.17, 15) is 12.8 Å². The fraction of sp³-hybridized carbons (Fsp3) is 0.263. The molecule has 0 unspecified atom stereocenters. The Morgan fingerprint density at radius 2 is 1.88 bits per heavy atom. The van der Waals surface area contributed by atoms with E-state index < -0.39 is 21.4 Å². The molecule has 0 amide bonds. The van der Waals surface area contributed by atoms with Crippen LogP contribution >= 0.6 is 0 Å². The molecule has 1 heterocycles. The van der Waals surface area contributed by atoms with Gasteiger partial charge in [-0.05, 0) is 62.6 Å². The Morgan fingerprint density at radius 3 is 2.60 bits per heavy atom. The molecule has 0 aliphatic carbocycles. The highest BCUT2D eigenvalue weighted by Crippen LogP contribution is 2.24. The van der Waals surface area contributed by atoms with Gasteiger partial charge in [0.05, 0.1) is 4.90 Å². The number of rotatable bonds is 5. The van der Waals surface area contributed by atoms with Crippen LogP contribution in [-0.2, 0) is 16.4 Å². The van der Waals surface area contributed by atoms with Gasteiger partial charge in [0, 0.05) is 22.6 Å². The zero-order valence-electron chi connectivity index (χ0n) is 14.4. The Hall–Kier alpha value is -2.18. The molecule has 0 aliphatic heterocycles. The molecular formula is C19H21FN2O2S. The van der Waals surface area contributed by atoms with Crippen LogP contribution < -0.4 is 4.72 Å². The van der Waals surface area contributed by atoms with Crippen molar-refractivity contribution in [3.8, 4) is 0 Å². The van der Waals surface area contributed by atoms with Gasteiger partial charge < -0.3 is 4.98 Å². The van der Waals surface area contributed by atoms with Crippen molar-refractivity contribution in [3.05, 3.63) is 65.6 Å². The number of nitrogens with one attached hydrogen (secondary N) is 2. The van der Waals surface area contributed by atoms with Gasteiger partial charge in [0.25, 0.3) is 0 Å². The smallest absolute Gasteiger partial charge is 0.241 e. The summed E-state index contributed by atoms with van der Waals surface area (Å²) in [5, 5.41) is 1.08. The third-order valence-electron chi connectivity index (χ3n) is 4.14. The molecule has 0 saturated carbocycles. The highest BCUT2D eigenvalue weighted by Gasteiger charge is 2.28. The zero-order valence-corrected chi connectivity index (χ0v) is 15.2. The zero-order chi connectivity index (χ0) is 18.2. The summed E-state index contributed by atoms with van der Waals surface area (Å²) >= 11 is 0. The van der Waals surface area contributed by atoms with Crippen molar-refractivity contribution in [2.75, 3.05) is 0 Å². The second-order valence-corrected chi connectivity index (χ2v) is 8.59. The lowest BCUT2D eigenvalue weighted by Gasteiger charge is -2.26. The van der Waals surface area contributed by atoms with E-state index in [-0.39, 0.29) is 4.90 Å². The Balaban J connectivity index is 1.87. The molecule has 25 heavy (non-hydrogen) atoms. The maximum Gasteiger partial charge on any atom is 0.241 e. The average Bonchev–Trinajstić information content (AvgIpc) is 2.88. The molecule has 132 valence electrons. The minimum absolute atomic E-state index is 0.0981. The van der Waals surface area contributed by atoms with Gasteiger partial charge in [-0.3, -0.25) is 0 Å². The highest BCUT2D eigenvalue weighted by atomic mass is 32.2. The number of sulfonamides is 1. The van der Waals surface area contributed by atoms with E-state index in [0.717, 1.165) is 22.5 Å². The maximum atomic E-state index is 13.3. The van der Waals surface area contributed by atoms with Gasteiger partial charge in [0.2, 0.25) is 10.0 Å². The molecule has 0 saturated heterocycles. The first-order valence-corrected chi connectivity index (χ1v) is 9.51. The first-order chi connectivity index (χ1) is 11.7. The number of para-hydroxylation sites is 1. The molecular weight excluding hydrogens is 339 g/mol. The van der Waals surface area contributed by atoms with E-state index >= 15 is 0 Å². The molecule has 0 radical (unpaired) electrons. The third kappa shape index (κ3) is 3.75. The van der Waals surface area contributed by atoms with Crippen LogP contribution in [0.15, 0.2) is 53.6 Å². The van der Waals surface area contributed by atoms with Crippen molar-refractivity contribution in [3.63, 3.8) is 0 Å². The van der Waals surface area contributed by atoms with Crippen LogP contribution in [0.4, 0.5) is 4.39 Å². The normalized spacial score (nSPS) is 12.6. The van der Waals surface area contributed by atoms with Crippen LogP contribution in [0, 0.1) is 12.7 Å². The molecule has 0 bridgehead atoms. The van der Waals surface area contributed by atoms with Crippen LogP contribution in [0.25, 0.3) is 10.9 Å². The second-order valence-electron chi connectivity index (χ2n) is 6.94. The lowest BCUT2D eigenvalue weighted by atomic mass is 9.96. The van der Waals surface area contributed by atoms with Crippen LogP contribution in [0.3, 0.4) is 0 Å². The summed E-state index contributed by atoms with van der Waals surface area (Å²) in [5.74, 6) is -0.450. The van der Waals surface area contributed by atoms with E-state index in [1.54, 1.807) is 6.92 Å². The predicted molar refractivity (Wildman–Crippen MR) is 97.5 cm³/mol. The number of fused-ring (bicyclic) bond motifs is 1. The van der Waals surface area contributed by atoms with Gasteiger partial charge in [-0.15, -0.1) is 0 Å². The molecule has 0 aliphatic rings. The van der Waals surface area contributed by atoms with Crippen LogP contribution in [0.1, 0.15) is 25.0 Å². The number of benzene rings is 2. The van der Waals surface area contributed by atoms with Crippen LogP contribution in [-0.4, -0.2) is 18.9 Å². The SMILES string of the molecule is Cc1cc(F)ccc1S(=O)(=O)NC(C)(C)Cc1c[nH]c2ccccc12. The molecule has 3 aromatic rings. The van der Waals surface area contributed by atoms with Crippen molar-refractivity contribution < 1.29 is 12.8 Å². The van der Waals surface area contributed by atoms with Crippen molar-refractivity contribution in [1.82, 2.24) is 9.71 Å². The Bertz CT molecular complexity index is 1020. The quantitative estimate of drug-likeness (QED) is 0.724. The van der Waals surface area contributed by atoms with Crippen molar-refractivity contribution in [1.29, 1.82) is 0 Å². The van der Waals surface area contributed by atoms with Gasteiger partial charge in [0.15, 0.2) is 0 Å². The summed E-state index contributed by atoms with van der Waals surface area (Å²) in [6.07, 6.45) is 2.43. The molecule has 1 aromatic heterocycles. The Morgan fingerprint density at radius 1 is 1.16 bits per heavy atom. The monoisotopic (exact) mass is 360 g/mol. The number of halogens is 1. The fourth-order valence-electron chi connectivity index (χ4n) is 3.12. The lowest BCUT2D eigenvalue weighted by Crippen LogP contribution is -2.45. The van der Waals surface area contributed by atoms with Crippen molar-refractivity contribution in [2.45, 2.75) is 37.6 Å². The molecule has 0 atom stereocenters. The molecule has 2 aromatic carbocycles. The average molecular weight is 360 g/mol. The van der Waals surface area contributed by atoms with E-state index in [4.69, 9.17) is 0 Å². The number of aromatic nitrogens is 1. The van der Waals surface area contributed by atoms with Crippen LogP contribution in [0.5, 0.6) is 0 Å². The summed E-state index contributed by atoms with van der Waals surface area (Å²) in [4.78, 5) is 3.30. The molecule has 6 heteroatoms. The first-order valence-electron chi connectivity index (χ1n) is 8.03. The standard InChI is InChI=1S/C19H21FN2O2S/c1-13-10-15(20)8-9-18(13)25(23,24)22-19(2,3)11-14-12-21-17-7-5-4-6-16(14)17/h4-10,12,21-22H,11H2,1-3H3.